The maximum atomic E-state index is 12.8. The molecule has 4 aliphatic carbocycles. The molecule has 388 valence electrons. The van der Waals surface area contributed by atoms with Gasteiger partial charge in [0.15, 0.2) is 0 Å². The highest BCUT2D eigenvalue weighted by Gasteiger charge is 2.68. The molecule has 2 aliphatic heterocycles. The van der Waals surface area contributed by atoms with E-state index < -0.39 is 76.8 Å². The molecule has 6 aliphatic rings. The van der Waals surface area contributed by atoms with Crippen LogP contribution in [-0.2, 0) is 85.8 Å². The highest BCUT2D eigenvalue weighted by molar-refractivity contribution is 6.05. The van der Waals surface area contributed by atoms with E-state index in [9.17, 15) is 47.9 Å². The Morgan fingerprint density at radius 3 is 1.27 bits per heavy atom. The number of cyclic esters (lactones) is 4. The third-order valence-electron chi connectivity index (χ3n) is 12.1. The number of carbonyl (C=O) groups excluding carboxylic acids is 10. The molecule has 4 fully saturated rings. The Balaban J connectivity index is -0.000000212. The minimum Gasteiger partial charge on any atom is -0.469 e. The van der Waals surface area contributed by atoms with Crippen molar-refractivity contribution < 1.29 is 85.8 Å². The number of carbonyl (C=O) groups is 10. The SMILES string of the molecule is C.C.C.C.C.C.C.C.C=C(C)C(=O)OC.COC(=O)C1C2C=CC(C2)C1C(=O)OC.COC(=O)C1C2CC(C1C(=O)OC)C(C1C(=O)OC(=O)C1C(C)(C)C(=O)OC)C2C.O=C1C=CC(=O)O1. The molecule has 18 heteroatoms. The zero-order valence-corrected chi connectivity index (χ0v) is 34.7. The Hall–Kier alpha value is -5.68. The van der Waals surface area contributed by atoms with E-state index in [1.165, 1.54) is 42.7 Å². The van der Waals surface area contributed by atoms with Crippen molar-refractivity contribution in [2.24, 2.45) is 76.4 Å². The quantitative estimate of drug-likeness (QED) is 0.0767. The van der Waals surface area contributed by atoms with Crippen LogP contribution in [0.3, 0.4) is 0 Å². The normalized spacial score (nSPS) is 27.7. The average molecular weight is 961 g/mol. The van der Waals surface area contributed by atoms with Gasteiger partial charge in [-0.2, -0.15) is 0 Å². The number of methoxy groups -OCH3 is 6. The second-order valence-electron chi connectivity index (χ2n) is 15.4. The molecule has 1 saturated heterocycles. The van der Waals surface area contributed by atoms with Gasteiger partial charge in [-0.1, -0.05) is 85.1 Å². The van der Waals surface area contributed by atoms with Crippen LogP contribution in [0.25, 0.3) is 0 Å². The third kappa shape index (κ3) is 15.2. The van der Waals surface area contributed by atoms with Crippen molar-refractivity contribution in [1.29, 1.82) is 0 Å². The minimum atomic E-state index is -1.30. The smallest absolute Gasteiger partial charge is 0.338 e. The van der Waals surface area contributed by atoms with Crippen molar-refractivity contribution in [2.45, 2.75) is 99.9 Å². The number of hydrogen-bond donors (Lipinski definition) is 0. The van der Waals surface area contributed by atoms with Crippen LogP contribution in [0.4, 0.5) is 0 Å². The molecule has 0 N–H and O–H groups in total. The van der Waals surface area contributed by atoms with Gasteiger partial charge < -0.3 is 37.9 Å². The first-order chi connectivity index (χ1) is 27.7. The van der Waals surface area contributed by atoms with Crippen LogP contribution in [0.2, 0.25) is 0 Å². The van der Waals surface area contributed by atoms with Gasteiger partial charge in [-0.15, -0.1) is 0 Å². The van der Waals surface area contributed by atoms with Gasteiger partial charge >= 0.3 is 59.7 Å². The molecule has 12 unspecified atom stereocenters. The Morgan fingerprint density at radius 2 is 0.955 bits per heavy atom. The van der Waals surface area contributed by atoms with E-state index in [4.69, 9.17) is 28.4 Å². The summed E-state index contributed by atoms with van der Waals surface area (Å²) in [6, 6.07) is 0. The molecule has 6 rings (SSSR count). The molecule has 4 bridgehead atoms. The van der Waals surface area contributed by atoms with E-state index in [2.05, 4.69) is 16.1 Å². The van der Waals surface area contributed by atoms with Gasteiger partial charge in [0, 0.05) is 17.7 Å². The Kier molecular flexibility index (Phi) is 33.3. The summed E-state index contributed by atoms with van der Waals surface area (Å²) in [5.41, 5.74) is -0.866. The van der Waals surface area contributed by atoms with Crippen LogP contribution >= 0.6 is 0 Å². The van der Waals surface area contributed by atoms with Crippen LogP contribution < -0.4 is 0 Å². The largest absolute Gasteiger partial charge is 0.469 e. The Bertz CT molecular complexity index is 1750. The summed E-state index contributed by atoms with van der Waals surface area (Å²) < 4.78 is 37.4. The summed E-state index contributed by atoms with van der Waals surface area (Å²) in [5, 5.41) is 0. The van der Waals surface area contributed by atoms with Crippen LogP contribution in [0, 0.1) is 76.4 Å². The van der Waals surface area contributed by atoms with E-state index in [0.717, 1.165) is 18.6 Å². The van der Waals surface area contributed by atoms with E-state index in [-0.39, 0.29) is 119 Å². The van der Waals surface area contributed by atoms with Gasteiger partial charge in [0.05, 0.1) is 83.6 Å². The first-order valence-corrected chi connectivity index (χ1v) is 18.7. The highest BCUT2D eigenvalue weighted by atomic mass is 16.6. The zero-order valence-electron chi connectivity index (χ0n) is 34.7. The maximum Gasteiger partial charge on any atom is 0.338 e. The second kappa shape index (κ2) is 30.6. The van der Waals surface area contributed by atoms with E-state index >= 15 is 0 Å². The second-order valence-corrected chi connectivity index (χ2v) is 15.4. The lowest BCUT2D eigenvalue weighted by Crippen LogP contribution is -2.49. The van der Waals surface area contributed by atoms with Crippen LogP contribution in [0.5, 0.6) is 0 Å². The maximum absolute atomic E-state index is 12.8. The fourth-order valence-electron chi connectivity index (χ4n) is 9.50. The first-order valence-electron chi connectivity index (χ1n) is 18.7. The lowest BCUT2D eigenvalue weighted by atomic mass is 9.59. The molecule has 67 heavy (non-hydrogen) atoms. The number of hydrogen-bond acceptors (Lipinski definition) is 18. The van der Waals surface area contributed by atoms with Crippen molar-refractivity contribution in [3.05, 3.63) is 36.5 Å². The Morgan fingerprint density at radius 1 is 0.567 bits per heavy atom. The number of esters is 10. The summed E-state index contributed by atoms with van der Waals surface area (Å²) in [7, 11) is 7.77. The number of ether oxygens (including phenoxy) is 8. The lowest BCUT2D eigenvalue weighted by Gasteiger charge is -2.41. The van der Waals surface area contributed by atoms with Gasteiger partial charge in [0.1, 0.15) is 0 Å². The summed E-state index contributed by atoms with van der Waals surface area (Å²) in [6.07, 6.45) is 7.57. The van der Waals surface area contributed by atoms with Gasteiger partial charge in [-0.25, -0.2) is 14.4 Å². The summed E-state index contributed by atoms with van der Waals surface area (Å²) in [5.74, 6) is -10.2. The molecular formula is C49H84O18. The Labute approximate surface area is 400 Å². The average Bonchev–Trinajstić information content (AvgIpc) is 4.08. The fourth-order valence-corrected chi connectivity index (χ4v) is 9.50. The van der Waals surface area contributed by atoms with Gasteiger partial charge in [0.2, 0.25) is 0 Å². The predicted molar refractivity (Wildman–Crippen MR) is 252 cm³/mol. The standard InChI is InChI=1S/C21H28O9.C11H14O4.C5H8O2.C4H2O3.8CH4/c1-8-9-7-10(13(17(23)28-5)12(9)16(22)27-4)11(8)14-15(19(25)30-18(14)24)21(2,3)20(26)29-6;1-14-10(12)8-6-3-4-7(5-6)9(8)11(13)15-2;1-4(2)5(6)7-3;5-3-1-2-4(6)7-3;;;;;;;;/h8-15H,7H2,1-6H3;3-4,6-9H,5H2,1-2H3;1H2,2-3H3;1-2H;8*1H4. The predicted octanol–water partition coefficient (Wildman–Crippen LogP) is 7.20. The number of fused-ring (bicyclic) bond motifs is 4. The van der Waals surface area contributed by atoms with Crippen LogP contribution in [-0.4, -0.2) is 102 Å². The monoisotopic (exact) mass is 961 g/mol. The topological polar surface area (TPSA) is 245 Å². The summed E-state index contributed by atoms with van der Waals surface area (Å²) >= 11 is 0. The molecule has 18 nitrogen and oxygen atoms in total. The summed E-state index contributed by atoms with van der Waals surface area (Å²) in [6.45, 7) is 9.94. The molecule has 0 amide bonds. The molecular weight excluding hydrogens is 877 g/mol. The fraction of sp³-hybridized carbons (Fsp3) is 0.673. The van der Waals surface area contributed by atoms with E-state index in [1.807, 2.05) is 19.1 Å². The molecule has 0 radical (unpaired) electrons. The zero-order chi connectivity index (χ0) is 44.7. The molecule has 3 saturated carbocycles. The van der Waals surface area contributed by atoms with E-state index in [0.29, 0.717) is 12.0 Å². The van der Waals surface area contributed by atoms with Gasteiger partial charge in [0.25, 0.3) is 0 Å². The van der Waals surface area contributed by atoms with Crippen molar-refractivity contribution in [3.63, 3.8) is 0 Å². The molecule has 12 atom stereocenters. The van der Waals surface area contributed by atoms with Crippen molar-refractivity contribution >= 4 is 59.7 Å². The van der Waals surface area contributed by atoms with Crippen molar-refractivity contribution in [2.75, 3.05) is 42.7 Å². The molecule has 0 aromatic rings. The number of rotatable bonds is 8. The molecule has 0 aromatic heterocycles. The minimum absolute atomic E-state index is 0. The molecule has 0 spiro atoms. The van der Waals surface area contributed by atoms with Crippen molar-refractivity contribution in [1.82, 2.24) is 0 Å². The van der Waals surface area contributed by atoms with Gasteiger partial charge in [-0.3, -0.25) is 33.6 Å². The van der Waals surface area contributed by atoms with Gasteiger partial charge in [-0.05, 0) is 69.1 Å². The third-order valence-corrected chi connectivity index (χ3v) is 12.1. The van der Waals surface area contributed by atoms with E-state index in [1.54, 1.807) is 20.8 Å². The lowest BCUT2D eigenvalue weighted by molar-refractivity contribution is -0.166. The number of allylic oxidation sites excluding steroid dienone is 2. The first kappa shape index (κ1) is 72.9. The molecule has 0 aromatic carbocycles. The van der Waals surface area contributed by atoms with Crippen LogP contribution in [0.1, 0.15) is 99.9 Å². The highest BCUT2D eigenvalue weighted by Crippen LogP contribution is 2.63. The van der Waals surface area contributed by atoms with Crippen molar-refractivity contribution in [3.8, 4) is 0 Å². The van der Waals surface area contributed by atoms with Crippen LogP contribution in [0.15, 0.2) is 36.5 Å². The molecule has 2 heterocycles. The summed E-state index contributed by atoms with van der Waals surface area (Å²) in [4.78, 5) is 116.